The molecule has 90 valence electrons. The lowest BCUT2D eigenvalue weighted by molar-refractivity contribution is -0.157. The average Bonchev–Trinajstić information content (AvgIpc) is 2.18. The lowest BCUT2D eigenvalue weighted by Gasteiger charge is -2.38. The number of hydrogen-bond donors (Lipinski definition) is 6. The van der Waals surface area contributed by atoms with Crippen LogP contribution in [0.25, 0.3) is 0 Å². The van der Waals surface area contributed by atoms with Gasteiger partial charge in [-0.25, -0.2) is 0 Å². The summed E-state index contributed by atoms with van der Waals surface area (Å²) in [7, 11) is -2.02. The fourth-order valence-corrected chi connectivity index (χ4v) is 2.43. The van der Waals surface area contributed by atoms with Crippen molar-refractivity contribution in [2.24, 2.45) is 5.92 Å². The summed E-state index contributed by atoms with van der Waals surface area (Å²) in [6.45, 7) is 0. The molecule has 0 heterocycles. The maximum Gasteiger partial charge on any atom is 0.164 e. The van der Waals surface area contributed by atoms with Gasteiger partial charge in [0.15, 0.2) is 8.38 Å². The molecule has 1 aliphatic rings. The van der Waals surface area contributed by atoms with E-state index in [1.165, 1.54) is 0 Å². The maximum absolute atomic E-state index is 9.56. The van der Waals surface area contributed by atoms with Crippen LogP contribution in [0.1, 0.15) is 12.8 Å². The predicted molar refractivity (Wildman–Crippen MR) is 53.0 cm³/mol. The van der Waals surface area contributed by atoms with Crippen LogP contribution in [-0.4, -0.2) is 60.8 Å². The average molecular weight is 240 g/mol. The third-order valence-corrected chi connectivity index (χ3v) is 3.48. The minimum absolute atomic E-state index is 0.132. The molecular formula is C8H17O6P. The topological polar surface area (TPSA) is 121 Å². The van der Waals surface area contributed by atoms with Crippen molar-refractivity contribution in [2.75, 3.05) is 6.16 Å². The zero-order valence-corrected chi connectivity index (χ0v) is 9.03. The van der Waals surface area contributed by atoms with Crippen LogP contribution in [0, 0.1) is 5.92 Å². The molecule has 0 aliphatic heterocycles. The molecule has 7 heteroatoms. The first-order valence-corrected chi connectivity index (χ1v) is 6.24. The molecule has 0 amide bonds. The number of aliphatic hydroxyl groups excluding tert-OH is 4. The first-order chi connectivity index (χ1) is 6.93. The van der Waals surface area contributed by atoms with Crippen molar-refractivity contribution in [3.8, 4) is 0 Å². The molecule has 6 nitrogen and oxygen atoms in total. The van der Waals surface area contributed by atoms with E-state index in [1.807, 2.05) is 0 Å². The molecule has 1 fully saturated rings. The number of aliphatic hydroxyl groups is 4. The number of hydrogen-bond acceptors (Lipinski definition) is 6. The molecular weight excluding hydrogens is 223 g/mol. The molecule has 5 atom stereocenters. The second-order valence-electron chi connectivity index (χ2n) is 3.92. The van der Waals surface area contributed by atoms with Crippen LogP contribution < -0.4 is 0 Å². The normalized spacial score (nSPS) is 42.2. The Balaban J connectivity index is 2.51. The standard InChI is InChI=1S/C8H17O6P/c9-5-3-4(1-2-15(13)14)6(10)8(12)7(5)11/h4-14H,1-3H2/t4?,5-,6+,7?,8?/m0/s1. The van der Waals surface area contributed by atoms with E-state index >= 15 is 0 Å². The fourth-order valence-electron chi connectivity index (χ4n) is 1.87. The van der Waals surface area contributed by atoms with Gasteiger partial charge in [0.25, 0.3) is 0 Å². The largest absolute Gasteiger partial charge is 0.390 e. The monoisotopic (exact) mass is 240 g/mol. The summed E-state index contributed by atoms with van der Waals surface area (Å²) in [4.78, 5) is 17.4. The van der Waals surface area contributed by atoms with Crippen LogP contribution in [0.4, 0.5) is 0 Å². The lowest BCUT2D eigenvalue weighted by atomic mass is 9.79. The van der Waals surface area contributed by atoms with E-state index in [0.29, 0.717) is 6.42 Å². The smallest absolute Gasteiger partial charge is 0.164 e. The molecule has 1 rings (SSSR count). The van der Waals surface area contributed by atoms with Crippen LogP contribution in [0.3, 0.4) is 0 Å². The van der Waals surface area contributed by atoms with Crippen LogP contribution in [0.15, 0.2) is 0 Å². The van der Waals surface area contributed by atoms with E-state index in [4.69, 9.17) is 9.79 Å². The van der Waals surface area contributed by atoms with Gasteiger partial charge in [-0.15, -0.1) is 0 Å². The van der Waals surface area contributed by atoms with Gasteiger partial charge in [-0.2, -0.15) is 0 Å². The van der Waals surface area contributed by atoms with Crippen LogP contribution in [0.5, 0.6) is 0 Å². The summed E-state index contributed by atoms with van der Waals surface area (Å²) >= 11 is 0. The summed E-state index contributed by atoms with van der Waals surface area (Å²) in [6, 6.07) is 0. The Labute approximate surface area is 88.7 Å². The molecule has 3 unspecified atom stereocenters. The Morgan fingerprint density at radius 2 is 1.53 bits per heavy atom. The molecule has 0 bridgehead atoms. The molecule has 0 aromatic heterocycles. The Bertz CT molecular complexity index is 202. The summed E-state index contributed by atoms with van der Waals surface area (Å²) in [5.41, 5.74) is 0. The molecule has 1 aliphatic carbocycles. The van der Waals surface area contributed by atoms with Gasteiger partial charge in [-0.3, -0.25) is 0 Å². The third-order valence-electron chi connectivity index (χ3n) is 2.82. The highest BCUT2D eigenvalue weighted by Gasteiger charge is 2.41. The van der Waals surface area contributed by atoms with Crippen molar-refractivity contribution in [2.45, 2.75) is 37.3 Å². The molecule has 0 saturated heterocycles. The highest BCUT2D eigenvalue weighted by molar-refractivity contribution is 7.45. The van der Waals surface area contributed by atoms with E-state index in [2.05, 4.69) is 0 Å². The van der Waals surface area contributed by atoms with Crippen LogP contribution >= 0.6 is 8.38 Å². The van der Waals surface area contributed by atoms with Gasteiger partial charge in [0.1, 0.15) is 12.2 Å². The SMILES string of the molecule is OC1C(O)[C@@H](O)CC(CCP(O)O)[C@H]1O. The molecule has 1 saturated carbocycles. The zero-order valence-electron chi connectivity index (χ0n) is 8.14. The zero-order chi connectivity index (χ0) is 11.6. The summed E-state index contributed by atoms with van der Waals surface area (Å²) in [6.07, 6.45) is -4.31. The molecule has 15 heavy (non-hydrogen) atoms. The van der Waals surface area contributed by atoms with E-state index in [0.717, 1.165) is 0 Å². The Morgan fingerprint density at radius 3 is 2.07 bits per heavy atom. The Hall–Kier alpha value is 0.190. The van der Waals surface area contributed by atoms with Crippen LogP contribution in [0.2, 0.25) is 0 Å². The first kappa shape index (κ1) is 13.3. The number of rotatable bonds is 3. The molecule has 0 aromatic rings. The fraction of sp³-hybridized carbons (Fsp3) is 1.00. The van der Waals surface area contributed by atoms with Crippen molar-refractivity contribution in [1.82, 2.24) is 0 Å². The Morgan fingerprint density at radius 1 is 0.933 bits per heavy atom. The van der Waals surface area contributed by atoms with Crippen LogP contribution in [-0.2, 0) is 0 Å². The summed E-state index contributed by atoms with van der Waals surface area (Å²) < 4.78 is 0. The van der Waals surface area contributed by atoms with Gasteiger partial charge >= 0.3 is 0 Å². The first-order valence-electron chi connectivity index (χ1n) is 4.81. The van der Waals surface area contributed by atoms with Gasteiger partial charge in [-0.1, -0.05) is 0 Å². The van der Waals surface area contributed by atoms with Gasteiger partial charge < -0.3 is 30.2 Å². The van der Waals surface area contributed by atoms with Crippen molar-refractivity contribution >= 4 is 8.38 Å². The molecule has 0 spiro atoms. The van der Waals surface area contributed by atoms with Gasteiger partial charge in [0.2, 0.25) is 0 Å². The molecule has 0 radical (unpaired) electrons. The molecule has 6 N–H and O–H groups in total. The maximum atomic E-state index is 9.56. The molecule has 0 aromatic carbocycles. The Kier molecular flexibility index (Phi) is 4.86. The predicted octanol–water partition coefficient (Wildman–Crippen LogP) is -1.86. The van der Waals surface area contributed by atoms with Gasteiger partial charge in [0, 0.05) is 6.16 Å². The second-order valence-corrected chi connectivity index (χ2v) is 5.11. The second kappa shape index (κ2) is 5.50. The quantitative estimate of drug-likeness (QED) is 0.322. The summed E-state index contributed by atoms with van der Waals surface area (Å²) in [5, 5.41) is 37.6. The minimum atomic E-state index is -2.02. The van der Waals surface area contributed by atoms with E-state index < -0.39 is 38.7 Å². The van der Waals surface area contributed by atoms with E-state index in [-0.39, 0.29) is 12.6 Å². The van der Waals surface area contributed by atoms with Crippen molar-refractivity contribution in [1.29, 1.82) is 0 Å². The van der Waals surface area contributed by atoms with Crippen molar-refractivity contribution in [3.05, 3.63) is 0 Å². The van der Waals surface area contributed by atoms with Crippen molar-refractivity contribution < 1.29 is 30.2 Å². The summed E-state index contributed by atoms with van der Waals surface area (Å²) in [5.74, 6) is -0.414. The van der Waals surface area contributed by atoms with Crippen molar-refractivity contribution in [3.63, 3.8) is 0 Å². The third kappa shape index (κ3) is 3.32. The van der Waals surface area contributed by atoms with E-state index in [1.54, 1.807) is 0 Å². The van der Waals surface area contributed by atoms with Gasteiger partial charge in [-0.05, 0) is 18.8 Å². The van der Waals surface area contributed by atoms with E-state index in [9.17, 15) is 20.4 Å². The minimum Gasteiger partial charge on any atom is -0.390 e. The highest BCUT2D eigenvalue weighted by atomic mass is 31.2. The highest BCUT2D eigenvalue weighted by Crippen LogP contribution is 2.33. The lowest BCUT2D eigenvalue weighted by Crippen LogP contribution is -2.53. The van der Waals surface area contributed by atoms with Gasteiger partial charge in [0.05, 0.1) is 12.2 Å².